The van der Waals surface area contributed by atoms with E-state index in [0.717, 1.165) is 0 Å². The Morgan fingerprint density at radius 1 is 1.16 bits per heavy atom. The number of hydrogen-bond acceptors (Lipinski definition) is 2. The summed E-state index contributed by atoms with van der Waals surface area (Å²) in [6, 6.07) is 9.81. The molecule has 1 unspecified atom stereocenters. The van der Waals surface area contributed by atoms with E-state index in [2.05, 4.69) is 5.32 Å². The van der Waals surface area contributed by atoms with Gasteiger partial charge in [0.05, 0.1) is 16.8 Å². The molecule has 0 aliphatic carbocycles. The van der Waals surface area contributed by atoms with Crippen LogP contribution in [0.25, 0.3) is 0 Å². The fraction of sp³-hybridized carbons (Fsp3) is 0.143. The van der Waals surface area contributed by atoms with Crippen LogP contribution < -0.4 is 5.32 Å². The largest absolute Gasteiger partial charge is 0.386 e. The van der Waals surface area contributed by atoms with Crippen LogP contribution in [0.3, 0.4) is 0 Å². The van der Waals surface area contributed by atoms with Crippen LogP contribution in [0.1, 0.15) is 11.7 Å². The van der Waals surface area contributed by atoms with Crippen molar-refractivity contribution in [2.45, 2.75) is 6.10 Å². The molecule has 2 nitrogen and oxygen atoms in total. The summed E-state index contributed by atoms with van der Waals surface area (Å²) in [6.07, 6.45) is -1.04. The first-order valence-electron chi connectivity index (χ1n) is 5.69. The molecular formula is C14H12ClF2NO. The first-order valence-corrected chi connectivity index (χ1v) is 6.07. The fourth-order valence-electron chi connectivity index (χ4n) is 1.69. The predicted molar refractivity (Wildman–Crippen MR) is 71.3 cm³/mol. The number of aliphatic hydroxyl groups is 1. The molecule has 0 aliphatic rings. The SMILES string of the molecule is OC(CNc1cc(F)ccc1Cl)c1ccccc1F. The minimum Gasteiger partial charge on any atom is -0.386 e. The standard InChI is InChI=1S/C14H12ClF2NO/c15-11-6-5-9(16)7-13(11)18-8-14(19)10-3-1-2-4-12(10)17/h1-7,14,18-19H,8H2. The van der Waals surface area contributed by atoms with E-state index in [1.807, 2.05) is 0 Å². The van der Waals surface area contributed by atoms with Gasteiger partial charge in [-0.25, -0.2) is 8.78 Å². The van der Waals surface area contributed by atoms with Crippen molar-refractivity contribution in [3.63, 3.8) is 0 Å². The molecule has 0 spiro atoms. The van der Waals surface area contributed by atoms with Gasteiger partial charge in [-0.3, -0.25) is 0 Å². The lowest BCUT2D eigenvalue weighted by atomic mass is 10.1. The van der Waals surface area contributed by atoms with Gasteiger partial charge in [-0.2, -0.15) is 0 Å². The lowest BCUT2D eigenvalue weighted by molar-refractivity contribution is 0.186. The van der Waals surface area contributed by atoms with Crippen molar-refractivity contribution < 1.29 is 13.9 Å². The van der Waals surface area contributed by atoms with E-state index < -0.39 is 17.7 Å². The van der Waals surface area contributed by atoms with Crippen molar-refractivity contribution in [1.82, 2.24) is 0 Å². The minimum atomic E-state index is -1.04. The van der Waals surface area contributed by atoms with Gasteiger partial charge in [-0.1, -0.05) is 29.8 Å². The molecule has 0 radical (unpaired) electrons. The number of halogens is 3. The molecule has 2 aromatic carbocycles. The Morgan fingerprint density at radius 3 is 2.63 bits per heavy atom. The number of nitrogens with one attached hydrogen (secondary N) is 1. The highest BCUT2D eigenvalue weighted by atomic mass is 35.5. The third-order valence-electron chi connectivity index (χ3n) is 2.68. The number of aliphatic hydroxyl groups excluding tert-OH is 1. The summed E-state index contributed by atoms with van der Waals surface area (Å²) < 4.78 is 26.5. The van der Waals surface area contributed by atoms with E-state index in [0.29, 0.717) is 10.7 Å². The predicted octanol–water partition coefficient (Wildman–Crippen LogP) is 3.76. The molecule has 0 bridgehead atoms. The molecule has 19 heavy (non-hydrogen) atoms. The lowest BCUT2D eigenvalue weighted by Crippen LogP contribution is -2.13. The van der Waals surface area contributed by atoms with Gasteiger partial charge in [0.1, 0.15) is 11.6 Å². The van der Waals surface area contributed by atoms with Gasteiger partial charge in [0.15, 0.2) is 0 Å². The van der Waals surface area contributed by atoms with E-state index in [4.69, 9.17) is 11.6 Å². The maximum absolute atomic E-state index is 13.4. The summed E-state index contributed by atoms with van der Waals surface area (Å²) in [5, 5.41) is 13.0. The highest BCUT2D eigenvalue weighted by Crippen LogP contribution is 2.24. The van der Waals surface area contributed by atoms with Gasteiger partial charge in [-0.05, 0) is 24.3 Å². The van der Waals surface area contributed by atoms with Crippen LogP contribution in [0.2, 0.25) is 5.02 Å². The molecular weight excluding hydrogens is 272 g/mol. The van der Waals surface area contributed by atoms with E-state index in [-0.39, 0.29) is 12.1 Å². The van der Waals surface area contributed by atoms with Crippen LogP contribution in [-0.2, 0) is 0 Å². The van der Waals surface area contributed by atoms with E-state index >= 15 is 0 Å². The highest BCUT2D eigenvalue weighted by molar-refractivity contribution is 6.33. The molecule has 5 heteroatoms. The highest BCUT2D eigenvalue weighted by Gasteiger charge is 2.12. The van der Waals surface area contributed by atoms with Crippen molar-refractivity contribution in [2.24, 2.45) is 0 Å². The zero-order chi connectivity index (χ0) is 13.8. The molecule has 0 saturated carbocycles. The lowest BCUT2D eigenvalue weighted by Gasteiger charge is -2.14. The first kappa shape index (κ1) is 13.8. The summed E-state index contributed by atoms with van der Waals surface area (Å²) >= 11 is 5.87. The monoisotopic (exact) mass is 283 g/mol. The molecule has 1 atom stereocenters. The van der Waals surface area contributed by atoms with Crippen molar-refractivity contribution in [3.05, 3.63) is 64.7 Å². The molecule has 0 aliphatic heterocycles. The minimum absolute atomic E-state index is 0.0319. The molecule has 2 N–H and O–H groups in total. The van der Waals surface area contributed by atoms with Crippen molar-refractivity contribution in [3.8, 4) is 0 Å². The second-order valence-corrected chi connectivity index (χ2v) is 4.45. The molecule has 0 saturated heterocycles. The zero-order valence-corrected chi connectivity index (χ0v) is 10.7. The van der Waals surface area contributed by atoms with Crippen LogP contribution in [0.5, 0.6) is 0 Å². The van der Waals surface area contributed by atoms with Crippen LogP contribution in [0, 0.1) is 11.6 Å². The van der Waals surface area contributed by atoms with Gasteiger partial charge >= 0.3 is 0 Å². The summed E-state index contributed by atoms with van der Waals surface area (Å²) in [5.74, 6) is -0.922. The fourth-order valence-corrected chi connectivity index (χ4v) is 1.88. The maximum Gasteiger partial charge on any atom is 0.129 e. The Hall–Kier alpha value is -1.65. The van der Waals surface area contributed by atoms with Gasteiger partial charge < -0.3 is 10.4 Å². The Morgan fingerprint density at radius 2 is 1.89 bits per heavy atom. The molecule has 2 aromatic rings. The van der Waals surface area contributed by atoms with Crippen LogP contribution in [-0.4, -0.2) is 11.7 Å². The van der Waals surface area contributed by atoms with Crippen molar-refractivity contribution >= 4 is 17.3 Å². The normalized spacial score (nSPS) is 12.2. The number of benzene rings is 2. The number of hydrogen-bond donors (Lipinski definition) is 2. The number of anilines is 1. The summed E-state index contributed by atoms with van der Waals surface area (Å²) in [4.78, 5) is 0. The van der Waals surface area contributed by atoms with Crippen LogP contribution >= 0.6 is 11.6 Å². The number of rotatable bonds is 4. The maximum atomic E-state index is 13.4. The van der Waals surface area contributed by atoms with Crippen LogP contribution in [0.4, 0.5) is 14.5 Å². The molecule has 0 aromatic heterocycles. The molecule has 0 heterocycles. The molecule has 100 valence electrons. The smallest absolute Gasteiger partial charge is 0.129 e. The molecule has 2 rings (SSSR count). The Bertz CT molecular complexity index is 577. The first-order chi connectivity index (χ1) is 9.08. The summed E-state index contributed by atoms with van der Waals surface area (Å²) in [6.45, 7) is 0.0319. The average molecular weight is 284 g/mol. The molecule has 0 fully saturated rings. The Balaban J connectivity index is 2.06. The topological polar surface area (TPSA) is 32.3 Å². The van der Waals surface area contributed by atoms with E-state index in [1.54, 1.807) is 12.1 Å². The van der Waals surface area contributed by atoms with Gasteiger partial charge in [0.25, 0.3) is 0 Å². The third-order valence-corrected chi connectivity index (χ3v) is 3.01. The van der Waals surface area contributed by atoms with Gasteiger partial charge in [0.2, 0.25) is 0 Å². The van der Waals surface area contributed by atoms with Gasteiger partial charge in [-0.15, -0.1) is 0 Å². The van der Waals surface area contributed by atoms with Gasteiger partial charge in [0, 0.05) is 12.1 Å². The van der Waals surface area contributed by atoms with Crippen LogP contribution in [0.15, 0.2) is 42.5 Å². The van der Waals surface area contributed by atoms with Crippen molar-refractivity contribution in [1.29, 1.82) is 0 Å². The Labute approximate surface area is 114 Å². The second kappa shape index (κ2) is 5.99. The third kappa shape index (κ3) is 3.43. The quantitative estimate of drug-likeness (QED) is 0.895. The Kier molecular flexibility index (Phi) is 4.35. The molecule has 0 amide bonds. The van der Waals surface area contributed by atoms with E-state index in [1.165, 1.54) is 30.3 Å². The van der Waals surface area contributed by atoms with Crippen molar-refractivity contribution in [2.75, 3.05) is 11.9 Å². The van der Waals surface area contributed by atoms with E-state index in [9.17, 15) is 13.9 Å². The zero-order valence-electron chi connectivity index (χ0n) is 9.91. The average Bonchev–Trinajstić information content (AvgIpc) is 2.40. The summed E-state index contributed by atoms with van der Waals surface area (Å²) in [7, 11) is 0. The second-order valence-electron chi connectivity index (χ2n) is 4.04. The summed E-state index contributed by atoms with van der Waals surface area (Å²) in [5.41, 5.74) is 0.541.